The number of nitrogen functional groups attached to an aromatic ring is 2. The smallest absolute Gasteiger partial charge is 0.337 e. The summed E-state index contributed by atoms with van der Waals surface area (Å²) in [4.78, 5) is 28.3. The molecule has 7 N–H and O–H groups in total. The van der Waals surface area contributed by atoms with E-state index in [0.717, 1.165) is 0 Å². The molecule has 0 aliphatic carbocycles. The highest BCUT2D eigenvalue weighted by atomic mass is 35.5. The van der Waals surface area contributed by atoms with E-state index in [4.69, 9.17) is 45.5 Å². The number of carboxylic acids is 1. The summed E-state index contributed by atoms with van der Waals surface area (Å²) in [5.41, 5.74) is 16.2. The van der Waals surface area contributed by atoms with Crippen molar-refractivity contribution >= 4 is 46.5 Å². The van der Waals surface area contributed by atoms with Crippen molar-refractivity contribution in [1.82, 2.24) is 9.97 Å². The number of carboxylic acid groups (broad SMARTS) is 1. The second-order valence-electron chi connectivity index (χ2n) is 3.86. The maximum atomic E-state index is 10.6. The maximum Gasteiger partial charge on any atom is 0.337 e. The third-order valence-corrected chi connectivity index (χ3v) is 2.71. The monoisotopic (exact) mass is 343 g/mol. The van der Waals surface area contributed by atoms with Gasteiger partial charge in [0.25, 0.3) is 5.91 Å². The lowest BCUT2D eigenvalue weighted by Gasteiger charge is -1.99. The molecule has 8 nitrogen and oxygen atoms in total. The largest absolute Gasteiger partial charge is 0.478 e. The van der Waals surface area contributed by atoms with Crippen molar-refractivity contribution < 1.29 is 14.7 Å². The van der Waals surface area contributed by atoms with Crippen molar-refractivity contribution in [2.75, 3.05) is 11.5 Å². The van der Waals surface area contributed by atoms with Crippen LogP contribution in [0.3, 0.4) is 0 Å². The number of pyridine rings is 2. The zero-order valence-electron chi connectivity index (χ0n) is 11.0. The van der Waals surface area contributed by atoms with Crippen LogP contribution in [0, 0.1) is 0 Å². The number of nitrogens with two attached hydrogens (primary N) is 3. The van der Waals surface area contributed by atoms with Crippen LogP contribution < -0.4 is 17.2 Å². The summed E-state index contributed by atoms with van der Waals surface area (Å²) in [7, 11) is 0. The highest BCUT2D eigenvalue weighted by molar-refractivity contribution is 6.30. The molecule has 1 amide bonds. The van der Waals surface area contributed by atoms with Crippen LogP contribution in [0.15, 0.2) is 24.5 Å². The summed E-state index contributed by atoms with van der Waals surface area (Å²) in [6.07, 6.45) is 2.51. The van der Waals surface area contributed by atoms with Gasteiger partial charge in [0, 0.05) is 0 Å². The summed E-state index contributed by atoms with van der Waals surface area (Å²) in [5.74, 6) is -1.71. The number of primary amides is 1. The van der Waals surface area contributed by atoms with Gasteiger partial charge in [0.2, 0.25) is 0 Å². The normalized spacial score (nSPS) is 9.55. The Bertz CT molecular complexity index is 662. The number of halogens is 2. The minimum absolute atomic E-state index is 0.0231. The molecule has 0 spiro atoms. The van der Waals surface area contributed by atoms with Gasteiger partial charge in [-0.15, -0.1) is 0 Å². The molecule has 0 radical (unpaired) electrons. The average Bonchev–Trinajstić information content (AvgIpc) is 2.44. The number of rotatable bonds is 2. The lowest BCUT2D eigenvalue weighted by atomic mass is 10.2. The van der Waals surface area contributed by atoms with Gasteiger partial charge in [0.05, 0.1) is 34.9 Å². The van der Waals surface area contributed by atoms with Crippen LogP contribution in [0.25, 0.3) is 0 Å². The topological polar surface area (TPSA) is 158 Å². The predicted molar refractivity (Wildman–Crippen MR) is 82.8 cm³/mol. The first-order valence-corrected chi connectivity index (χ1v) is 6.33. The van der Waals surface area contributed by atoms with Crippen LogP contribution in [0.4, 0.5) is 11.4 Å². The van der Waals surface area contributed by atoms with E-state index in [2.05, 4.69) is 9.97 Å². The van der Waals surface area contributed by atoms with E-state index in [9.17, 15) is 9.59 Å². The van der Waals surface area contributed by atoms with Gasteiger partial charge in [-0.05, 0) is 12.1 Å². The van der Waals surface area contributed by atoms with E-state index < -0.39 is 11.9 Å². The zero-order valence-corrected chi connectivity index (χ0v) is 12.5. The van der Waals surface area contributed by atoms with E-state index in [0.29, 0.717) is 0 Å². The van der Waals surface area contributed by atoms with Crippen LogP contribution in [-0.4, -0.2) is 27.0 Å². The Morgan fingerprint density at radius 1 is 0.955 bits per heavy atom. The van der Waals surface area contributed by atoms with Gasteiger partial charge in [-0.1, -0.05) is 23.2 Å². The molecule has 2 aromatic heterocycles. The Morgan fingerprint density at radius 3 is 1.68 bits per heavy atom. The molecule has 0 fully saturated rings. The standard InChI is InChI=1S/C6H6ClN3O.C6H5ClN2O2/c7-5-1-3(6(9)11)4(8)2-10-5;7-5-1-3(6(10)11)4(8)2-9-5/h1-2H,8H2,(H2,9,11);1-2H,8H2,(H,10,11). The van der Waals surface area contributed by atoms with Crippen LogP contribution in [-0.2, 0) is 0 Å². The van der Waals surface area contributed by atoms with Crippen molar-refractivity contribution in [2.24, 2.45) is 5.73 Å². The average molecular weight is 344 g/mol. The molecule has 2 aromatic rings. The number of aromatic nitrogens is 2. The van der Waals surface area contributed by atoms with Gasteiger partial charge in [-0.2, -0.15) is 0 Å². The Labute approximate surface area is 134 Å². The minimum Gasteiger partial charge on any atom is -0.478 e. The molecule has 2 rings (SSSR count). The van der Waals surface area contributed by atoms with E-state index >= 15 is 0 Å². The fourth-order valence-corrected chi connectivity index (χ4v) is 1.60. The molecule has 10 heteroatoms. The highest BCUT2D eigenvalue weighted by Crippen LogP contribution is 2.14. The molecule has 0 aliphatic rings. The second-order valence-corrected chi connectivity index (χ2v) is 4.63. The van der Waals surface area contributed by atoms with Crippen molar-refractivity contribution in [1.29, 1.82) is 0 Å². The highest BCUT2D eigenvalue weighted by Gasteiger charge is 2.08. The predicted octanol–water partition coefficient (Wildman–Crippen LogP) is 1.43. The number of nitrogens with zero attached hydrogens (tertiary/aromatic N) is 2. The van der Waals surface area contributed by atoms with Gasteiger partial charge in [0.15, 0.2) is 0 Å². The van der Waals surface area contributed by atoms with Crippen LogP contribution in [0.1, 0.15) is 20.7 Å². The summed E-state index contributed by atoms with van der Waals surface area (Å²) in [6, 6.07) is 2.54. The Kier molecular flexibility index (Phi) is 5.90. The first-order valence-electron chi connectivity index (χ1n) is 5.57. The van der Waals surface area contributed by atoms with Crippen molar-refractivity contribution in [3.8, 4) is 0 Å². The van der Waals surface area contributed by atoms with Gasteiger partial charge in [-0.3, -0.25) is 4.79 Å². The molecule has 116 valence electrons. The van der Waals surface area contributed by atoms with E-state index in [1.54, 1.807) is 0 Å². The van der Waals surface area contributed by atoms with Crippen molar-refractivity contribution in [3.05, 3.63) is 46.0 Å². The van der Waals surface area contributed by atoms with Crippen LogP contribution in [0.5, 0.6) is 0 Å². The Hall–Kier alpha value is -2.58. The summed E-state index contributed by atoms with van der Waals surface area (Å²) in [5, 5.41) is 8.85. The number of carbonyl (C=O) groups excluding carboxylic acids is 1. The van der Waals surface area contributed by atoms with Gasteiger partial charge in [-0.25, -0.2) is 14.8 Å². The van der Waals surface area contributed by atoms with E-state index in [-0.39, 0.29) is 32.8 Å². The van der Waals surface area contributed by atoms with Gasteiger partial charge < -0.3 is 22.3 Å². The fourth-order valence-electron chi connectivity index (χ4n) is 1.28. The van der Waals surface area contributed by atoms with Crippen LogP contribution in [0.2, 0.25) is 10.3 Å². The molecule has 0 bridgehead atoms. The summed E-state index contributed by atoms with van der Waals surface area (Å²) in [6.45, 7) is 0. The maximum absolute atomic E-state index is 10.6. The minimum atomic E-state index is -1.10. The molecule has 0 atom stereocenters. The number of hydrogen-bond donors (Lipinski definition) is 4. The molecule has 22 heavy (non-hydrogen) atoms. The van der Waals surface area contributed by atoms with E-state index in [1.807, 2.05) is 0 Å². The molecule has 0 aliphatic heterocycles. The fraction of sp³-hybridized carbons (Fsp3) is 0. The number of amides is 1. The molecule has 0 saturated carbocycles. The third-order valence-electron chi connectivity index (χ3n) is 2.30. The Balaban J connectivity index is 0.000000220. The molecule has 0 saturated heterocycles. The van der Waals surface area contributed by atoms with Gasteiger partial charge >= 0.3 is 5.97 Å². The van der Waals surface area contributed by atoms with Crippen molar-refractivity contribution in [3.63, 3.8) is 0 Å². The lowest BCUT2D eigenvalue weighted by molar-refractivity contribution is 0.0697. The number of carbonyl (C=O) groups is 2. The summed E-state index contributed by atoms with van der Waals surface area (Å²) >= 11 is 10.9. The number of hydrogen-bond acceptors (Lipinski definition) is 6. The summed E-state index contributed by atoms with van der Waals surface area (Å²) < 4.78 is 0. The first-order chi connectivity index (χ1) is 10.2. The second kappa shape index (κ2) is 7.43. The Morgan fingerprint density at radius 2 is 1.36 bits per heavy atom. The molecule has 0 unspecified atom stereocenters. The van der Waals surface area contributed by atoms with E-state index in [1.165, 1.54) is 24.5 Å². The van der Waals surface area contributed by atoms with Gasteiger partial charge in [0.1, 0.15) is 10.3 Å². The van der Waals surface area contributed by atoms with Crippen LogP contribution >= 0.6 is 23.2 Å². The van der Waals surface area contributed by atoms with Crippen molar-refractivity contribution in [2.45, 2.75) is 0 Å². The SMILES string of the molecule is NC(=O)c1cc(Cl)ncc1N.Nc1cnc(Cl)cc1C(=O)O. The molecular formula is C12H11Cl2N5O3. The molecule has 0 aromatic carbocycles. The zero-order chi connectivity index (χ0) is 16.9. The third kappa shape index (κ3) is 4.76. The number of anilines is 2. The molecule has 2 heterocycles. The lowest BCUT2D eigenvalue weighted by Crippen LogP contribution is -2.13. The first kappa shape index (κ1) is 17.5. The quantitative estimate of drug-likeness (QED) is 0.600. The number of aromatic carboxylic acids is 1. The molecular weight excluding hydrogens is 333 g/mol.